The monoisotopic (exact) mass is 326 g/mol. The number of rotatable bonds is 8. The number of carbonyl (C=O) groups is 2. The van der Waals surface area contributed by atoms with Gasteiger partial charge in [0.25, 0.3) is 0 Å². The van der Waals surface area contributed by atoms with Gasteiger partial charge in [0.1, 0.15) is 5.75 Å². The summed E-state index contributed by atoms with van der Waals surface area (Å²) in [6.45, 7) is 4.70. The molecular weight excluding hydrogens is 304 g/mol. The van der Waals surface area contributed by atoms with E-state index in [0.29, 0.717) is 29.5 Å². The fourth-order valence-corrected chi connectivity index (χ4v) is 2.24. The number of nitrogens with zero attached hydrogens (tertiary/aromatic N) is 1. The third-order valence-electron chi connectivity index (χ3n) is 3.27. The molecule has 6 heteroatoms. The van der Waals surface area contributed by atoms with E-state index in [1.807, 2.05) is 0 Å². The van der Waals surface area contributed by atoms with E-state index in [1.165, 1.54) is 14.0 Å². The Bertz CT molecular complexity index is 520. The molecular formula is C16H23ClN2O3. The molecule has 1 aromatic carbocycles. The van der Waals surface area contributed by atoms with E-state index in [1.54, 1.807) is 23.1 Å². The first kappa shape index (κ1) is 18.3. The number of halogens is 1. The summed E-state index contributed by atoms with van der Waals surface area (Å²) in [7, 11) is 1.53. The van der Waals surface area contributed by atoms with Crippen molar-refractivity contribution >= 4 is 29.1 Å². The first-order valence-electron chi connectivity index (χ1n) is 7.36. The van der Waals surface area contributed by atoms with Gasteiger partial charge in [0, 0.05) is 32.1 Å². The molecule has 0 heterocycles. The van der Waals surface area contributed by atoms with E-state index in [4.69, 9.17) is 16.3 Å². The van der Waals surface area contributed by atoms with Crippen LogP contribution in [0.5, 0.6) is 5.75 Å². The van der Waals surface area contributed by atoms with Crippen LogP contribution in [0.2, 0.25) is 5.02 Å². The van der Waals surface area contributed by atoms with Crippen LogP contribution in [-0.2, 0) is 9.59 Å². The Labute approximate surface area is 136 Å². The highest BCUT2D eigenvalue weighted by molar-refractivity contribution is 6.32. The molecule has 0 radical (unpaired) electrons. The minimum atomic E-state index is -0.149. The van der Waals surface area contributed by atoms with Gasteiger partial charge in [-0.1, -0.05) is 24.9 Å². The number of hydrogen-bond acceptors (Lipinski definition) is 3. The van der Waals surface area contributed by atoms with E-state index in [9.17, 15) is 9.59 Å². The average Bonchev–Trinajstić information content (AvgIpc) is 2.47. The van der Waals surface area contributed by atoms with E-state index < -0.39 is 0 Å². The highest BCUT2D eigenvalue weighted by Gasteiger charge is 2.11. The molecule has 0 saturated heterocycles. The minimum Gasteiger partial charge on any atom is -0.495 e. The van der Waals surface area contributed by atoms with Gasteiger partial charge in [-0.3, -0.25) is 9.59 Å². The van der Waals surface area contributed by atoms with E-state index >= 15 is 0 Å². The summed E-state index contributed by atoms with van der Waals surface area (Å²) in [6.07, 6.45) is 2.21. The summed E-state index contributed by atoms with van der Waals surface area (Å²) in [5.74, 6) is 0.403. The number of benzene rings is 1. The number of carbonyl (C=O) groups excluding carboxylic acids is 2. The Kier molecular flexibility index (Phi) is 7.74. The summed E-state index contributed by atoms with van der Waals surface area (Å²) < 4.78 is 5.06. The smallest absolute Gasteiger partial charge is 0.226 e. The summed E-state index contributed by atoms with van der Waals surface area (Å²) in [5.41, 5.74) is 0.610. The zero-order valence-corrected chi connectivity index (χ0v) is 14.1. The fourth-order valence-electron chi connectivity index (χ4n) is 1.98. The van der Waals surface area contributed by atoms with Crippen LogP contribution in [0.25, 0.3) is 0 Å². The number of unbranched alkanes of at least 4 members (excludes halogenated alkanes) is 1. The van der Waals surface area contributed by atoms with Crippen molar-refractivity contribution in [1.29, 1.82) is 0 Å². The Morgan fingerprint density at radius 1 is 1.32 bits per heavy atom. The first-order chi connectivity index (χ1) is 10.5. The lowest BCUT2D eigenvalue weighted by Crippen LogP contribution is -2.32. The maximum absolute atomic E-state index is 12.0. The second-order valence-electron chi connectivity index (χ2n) is 5.01. The van der Waals surface area contributed by atoms with Crippen molar-refractivity contribution in [3.05, 3.63) is 23.2 Å². The summed E-state index contributed by atoms with van der Waals surface area (Å²) in [4.78, 5) is 25.2. The maximum Gasteiger partial charge on any atom is 0.226 e. The molecule has 0 aromatic heterocycles. The molecule has 22 heavy (non-hydrogen) atoms. The number of amides is 2. The Balaban J connectivity index is 2.51. The van der Waals surface area contributed by atoms with E-state index in [2.05, 4.69) is 12.2 Å². The lowest BCUT2D eigenvalue weighted by atomic mass is 10.2. The quantitative estimate of drug-likeness (QED) is 0.797. The summed E-state index contributed by atoms with van der Waals surface area (Å²) in [5, 5.41) is 3.21. The van der Waals surface area contributed by atoms with E-state index in [-0.39, 0.29) is 18.2 Å². The van der Waals surface area contributed by atoms with Crippen LogP contribution in [-0.4, -0.2) is 36.9 Å². The number of nitrogens with one attached hydrogen (secondary N) is 1. The van der Waals surface area contributed by atoms with Crippen LogP contribution in [0.3, 0.4) is 0 Å². The summed E-state index contributed by atoms with van der Waals surface area (Å²) >= 11 is 6.01. The standard InChI is InChI=1S/C16H23ClN2O3/c1-4-5-9-19(12(2)20)10-8-16(21)18-13-6-7-15(22-3)14(17)11-13/h6-7,11H,4-5,8-10H2,1-3H3,(H,18,21). The van der Waals surface area contributed by atoms with Crippen LogP contribution in [0, 0.1) is 0 Å². The topological polar surface area (TPSA) is 58.6 Å². The van der Waals surface area contributed by atoms with Gasteiger partial charge in [-0.15, -0.1) is 0 Å². The Morgan fingerprint density at radius 3 is 2.59 bits per heavy atom. The van der Waals surface area contributed by atoms with Crippen molar-refractivity contribution < 1.29 is 14.3 Å². The molecule has 0 aliphatic rings. The van der Waals surface area contributed by atoms with Crippen LogP contribution >= 0.6 is 11.6 Å². The largest absolute Gasteiger partial charge is 0.495 e. The number of methoxy groups -OCH3 is 1. The normalized spacial score (nSPS) is 10.2. The Morgan fingerprint density at radius 2 is 2.05 bits per heavy atom. The summed E-state index contributed by atoms with van der Waals surface area (Å²) in [6, 6.07) is 5.06. The van der Waals surface area contributed by atoms with Crippen molar-refractivity contribution in [3.63, 3.8) is 0 Å². The van der Waals surface area contributed by atoms with E-state index in [0.717, 1.165) is 12.8 Å². The van der Waals surface area contributed by atoms with Crippen molar-refractivity contribution in [2.75, 3.05) is 25.5 Å². The molecule has 1 N–H and O–H groups in total. The second-order valence-corrected chi connectivity index (χ2v) is 5.41. The minimum absolute atomic E-state index is 0.00579. The van der Waals surface area contributed by atoms with Gasteiger partial charge in [-0.25, -0.2) is 0 Å². The molecule has 0 aliphatic carbocycles. The van der Waals surface area contributed by atoms with Gasteiger partial charge < -0.3 is 15.0 Å². The SMILES string of the molecule is CCCCN(CCC(=O)Nc1ccc(OC)c(Cl)c1)C(C)=O. The van der Waals surface area contributed by atoms with Gasteiger partial charge in [0.15, 0.2) is 0 Å². The third-order valence-corrected chi connectivity index (χ3v) is 3.57. The van der Waals surface area contributed by atoms with Crippen LogP contribution in [0.4, 0.5) is 5.69 Å². The van der Waals surface area contributed by atoms with Crippen molar-refractivity contribution in [2.24, 2.45) is 0 Å². The molecule has 2 amide bonds. The Hall–Kier alpha value is -1.75. The van der Waals surface area contributed by atoms with Gasteiger partial charge in [-0.2, -0.15) is 0 Å². The molecule has 0 bridgehead atoms. The van der Waals surface area contributed by atoms with Gasteiger partial charge in [0.2, 0.25) is 11.8 Å². The lowest BCUT2D eigenvalue weighted by molar-refractivity contribution is -0.129. The average molecular weight is 327 g/mol. The maximum atomic E-state index is 12.0. The molecule has 5 nitrogen and oxygen atoms in total. The number of hydrogen-bond donors (Lipinski definition) is 1. The molecule has 0 aliphatic heterocycles. The van der Waals surface area contributed by atoms with Gasteiger partial charge in [-0.05, 0) is 24.6 Å². The third kappa shape index (κ3) is 5.93. The van der Waals surface area contributed by atoms with Crippen molar-refractivity contribution in [1.82, 2.24) is 4.90 Å². The van der Waals surface area contributed by atoms with Crippen LogP contribution < -0.4 is 10.1 Å². The lowest BCUT2D eigenvalue weighted by Gasteiger charge is -2.20. The number of anilines is 1. The highest BCUT2D eigenvalue weighted by atomic mass is 35.5. The molecule has 1 aromatic rings. The molecule has 0 unspecified atom stereocenters. The first-order valence-corrected chi connectivity index (χ1v) is 7.74. The van der Waals surface area contributed by atoms with Crippen molar-refractivity contribution in [2.45, 2.75) is 33.1 Å². The molecule has 0 fully saturated rings. The zero-order valence-electron chi connectivity index (χ0n) is 13.3. The number of ether oxygens (including phenoxy) is 1. The van der Waals surface area contributed by atoms with Crippen LogP contribution in [0.15, 0.2) is 18.2 Å². The highest BCUT2D eigenvalue weighted by Crippen LogP contribution is 2.27. The van der Waals surface area contributed by atoms with Crippen molar-refractivity contribution in [3.8, 4) is 5.75 Å². The zero-order chi connectivity index (χ0) is 16.5. The predicted octanol–water partition coefficient (Wildman–Crippen LogP) is 3.33. The predicted molar refractivity (Wildman–Crippen MR) is 88.4 cm³/mol. The fraction of sp³-hybridized carbons (Fsp3) is 0.500. The molecule has 0 saturated carbocycles. The molecule has 0 atom stereocenters. The second kappa shape index (κ2) is 9.30. The molecule has 1 rings (SSSR count). The molecule has 122 valence electrons. The van der Waals surface area contributed by atoms with Crippen LogP contribution in [0.1, 0.15) is 33.1 Å². The molecule has 0 spiro atoms. The van der Waals surface area contributed by atoms with Gasteiger partial charge in [0.05, 0.1) is 12.1 Å². The van der Waals surface area contributed by atoms with Gasteiger partial charge >= 0.3 is 0 Å².